The molecule has 0 aromatic carbocycles. The van der Waals surface area contributed by atoms with E-state index in [2.05, 4.69) is 117 Å². The van der Waals surface area contributed by atoms with Gasteiger partial charge in [0.25, 0.3) is 0 Å². The largest absolute Gasteiger partial charge is 0.468 e. The van der Waals surface area contributed by atoms with Gasteiger partial charge in [0.1, 0.15) is 5.41 Å². The molecule has 8 heterocycles. The molecule has 2 spiro atoms. The van der Waals surface area contributed by atoms with Crippen LogP contribution >= 0.6 is 0 Å². The number of nitrogens with zero attached hydrogens (tertiary/aromatic N) is 5. The van der Waals surface area contributed by atoms with E-state index in [4.69, 9.17) is 49.5 Å². The van der Waals surface area contributed by atoms with Gasteiger partial charge in [-0.05, 0) is 232 Å². The number of likely N-dealkylation sites (tertiary alicyclic amines) is 1. The van der Waals surface area contributed by atoms with Gasteiger partial charge >= 0.3 is 65.7 Å². The number of esters is 11. The second-order valence-corrected chi connectivity index (χ2v) is 43.6. The van der Waals surface area contributed by atoms with Gasteiger partial charge in [0.15, 0.2) is 11.2 Å². The Bertz CT molecular complexity index is 4070. The molecule has 127 heavy (non-hydrogen) atoms. The molecule has 712 valence electrons. The number of cyclic esters (lactones) is 10. The van der Waals surface area contributed by atoms with Crippen molar-refractivity contribution >= 4 is 77.5 Å². The molecule has 2 amide bonds. The standard InChI is InChI=1S/C12H16O3.C12H18O2.C11H14O3.C11H16O2.C8H18.2C7H11NO2.C7H10O3.C7H14O2.C6H8N2.C6H11N.C6H8O3/c1-6-7(2)9-3-8(6)4-12(9)5-10(13)15-11(12)14;1-7-8(2)10-3-9(7)4-12(10)5-11(13)14-6-12;1-4-5(2)7-3-6(4)8-9(7)11(13)14-10(8)12;1-5-6(2)8-3-7(5)9-4-13-11(12)10(8)9;1-7(2,3)8(4,5)6;1-4-5(2)7(10)8(3)6(4)9;1-4-7(2,5-8)6(9)10-3;1-3-7(2)4-5(8)10-6(7)9;1-5-6(2)9-7(3,4)8-5;1-3-6(2,4-7)5-8;1-4-6(2,3)5-7;1-3-4(2)6(8)9-5(3)7/h6-9H,3-5H2,1-2H3;7-10H,3-6H2,1-2H3;4-9H,3H2,1-2H3;5-10H,3-4H2,1-2H3;1-6H3;4-5H,1-3H3;4H2,1-3H3;3-4H2,1-2H3;5-6H,1-4H3;3H2,1-2H3;4H2,1-3H3;3-4H,1-2H3. The van der Waals surface area contributed by atoms with Crippen molar-refractivity contribution in [1.29, 1.82) is 21.0 Å². The first-order chi connectivity index (χ1) is 58.4. The van der Waals surface area contributed by atoms with Crippen LogP contribution in [0.3, 0.4) is 0 Å². The van der Waals surface area contributed by atoms with Gasteiger partial charge in [0.05, 0.1) is 122 Å². The number of rotatable bonds is 5. The van der Waals surface area contributed by atoms with Crippen molar-refractivity contribution in [3.63, 3.8) is 0 Å². The van der Waals surface area contributed by atoms with Crippen LogP contribution in [0.25, 0.3) is 0 Å². The summed E-state index contributed by atoms with van der Waals surface area (Å²) in [6.45, 7) is 64.5. The zero-order valence-electron chi connectivity index (χ0n) is 82.8. The quantitative estimate of drug-likeness (QED) is 0.107. The van der Waals surface area contributed by atoms with Gasteiger partial charge in [-0.1, -0.05) is 152 Å². The van der Waals surface area contributed by atoms with Crippen LogP contribution in [0.5, 0.6) is 0 Å². The van der Waals surface area contributed by atoms with Crippen molar-refractivity contribution in [1.82, 2.24) is 4.90 Å². The maximum Gasteiger partial charge on any atom is 0.325 e. The highest BCUT2D eigenvalue weighted by Crippen LogP contribution is 2.66. The summed E-state index contributed by atoms with van der Waals surface area (Å²) in [6, 6.07) is 7.93. The summed E-state index contributed by atoms with van der Waals surface area (Å²) >= 11 is 0. The monoisotopic (exact) mass is 1780 g/mol. The first-order valence-electron chi connectivity index (χ1n) is 46.6. The molecule has 30 unspecified atom stereocenters. The first-order valence-corrected chi connectivity index (χ1v) is 46.6. The average molecular weight is 1780 g/mol. The van der Waals surface area contributed by atoms with E-state index in [1.165, 1.54) is 38.3 Å². The molecule has 27 heteroatoms. The molecule has 8 bridgehead atoms. The molecule has 16 fully saturated rings. The Morgan fingerprint density at radius 1 is 0.441 bits per heavy atom. The van der Waals surface area contributed by atoms with E-state index in [9.17, 15) is 62.3 Å². The molecule has 27 nitrogen and oxygen atoms in total. The van der Waals surface area contributed by atoms with Crippen LogP contribution in [0.1, 0.15) is 298 Å². The molecule has 30 atom stereocenters. The highest BCUT2D eigenvalue weighted by Gasteiger charge is 2.67. The van der Waals surface area contributed by atoms with Gasteiger partial charge in [-0.25, -0.2) is 0 Å². The van der Waals surface area contributed by atoms with E-state index in [1.807, 2.05) is 80.5 Å². The Morgan fingerprint density at radius 2 is 0.866 bits per heavy atom. The van der Waals surface area contributed by atoms with Crippen LogP contribution in [-0.4, -0.2) is 128 Å². The Labute approximate surface area is 757 Å². The van der Waals surface area contributed by atoms with E-state index in [0.717, 1.165) is 67.1 Å². The zero-order valence-corrected chi connectivity index (χ0v) is 82.8. The smallest absolute Gasteiger partial charge is 0.325 e. The lowest BCUT2D eigenvalue weighted by molar-refractivity contribution is -0.158. The number of fused-ring (bicyclic) bond motifs is 16. The lowest BCUT2D eigenvalue weighted by atomic mass is 9.65. The van der Waals surface area contributed by atoms with Crippen molar-refractivity contribution in [2.24, 2.45) is 185 Å². The lowest BCUT2D eigenvalue weighted by Crippen LogP contribution is -2.38. The highest BCUT2D eigenvalue weighted by atomic mass is 16.7. The van der Waals surface area contributed by atoms with Crippen molar-refractivity contribution in [3.8, 4) is 24.3 Å². The van der Waals surface area contributed by atoms with Crippen LogP contribution in [0.2, 0.25) is 0 Å². The lowest BCUT2D eigenvalue weighted by Gasteiger charge is -2.38. The Kier molecular flexibility index (Phi) is 37.0. The minimum Gasteiger partial charge on any atom is -0.468 e. The van der Waals surface area contributed by atoms with Crippen molar-refractivity contribution in [2.45, 2.75) is 316 Å². The van der Waals surface area contributed by atoms with Gasteiger partial charge in [-0.3, -0.25) is 67.2 Å². The van der Waals surface area contributed by atoms with Gasteiger partial charge < -0.3 is 42.6 Å². The maximum atomic E-state index is 11.8. The summed E-state index contributed by atoms with van der Waals surface area (Å²) in [7, 11) is 2.82. The fourth-order valence-electron chi connectivity index (χ4n) is 21.0. The Balaban J connectivity index is 0.000000248. The summed E-state index contributed by atoms with van der Waals surface area (Å²) in [5.41, 5.74) is -1.67. The maximum absolute atomic E-state index is 11.8. The third-order valence-corrected chi connectivity index (χ3v) is 33.8. The van der Waals surface area contributed by atoms with Crippen LogP contribution < -0.4 is 0 Å². The third-order valence-electron chi connectivity index (χ3n) is 33.8. The number of nitriles is 4. The van der Waals surface area contributed by atoms with E-state index in [1.54, 1.807) is 55.4 Å². The van der Waals surface area contributed by atoms with E-state index in [-0.39, 0.29) is 130 Å². The molecule has 8 aliphatic heterocycles. The Hall–Kier alpha value is -8.01. The number of ether oxygens (including phenoxy) is 9. The predicted octanol–water partition coefficient (Wildman–Crippen LogP) is 17.5. The third kappa shape index (κ3) is 24.4. The molecule has 8 saturated carbocycles. The van der Waals surface area contributed by atoms with Crippen LogP contribution in [-0.2, 0) is 105 Å². The summed E-state index contributed by atoms with van der Waals surface area (Å²) in [5.74, 6) is 6.90. The topological polar surface area (TPSA) is 403 Å². The molecular weight excluding hydrogens is 1620 g/mol. The van der Waals surface area contributed by atoms with Crippen LogP contribution in [0, 0.1) is 231 Å². The number of carbonyl (C=O) groups is 13. The number of imide groups is 1. The molecule has 0 aromatic heterocycles. The predicted molar refractivity (Wildman–Crippen MR) is 470 cm³/mol. The normalized spacial score (nSPS) is 38.3. The molecular formula is C100H155N5O22. The number of methoxy groups -OCH3 is 1. The van der Waals surface area contributed by atoms with Crippen molar-refractivity contribution in [2.75, 3.05) is 27.4 Å². The molecule has 0 aromatic rings. The fraction of sp³-hybridized carbons (Fsp3) is 0.830. The second kappa shape index (κ2) is 42.9. The van der Waals surface area contributed by atoms with Crippen molar-refractivity contribution < 1.29 is 105 Å². The number of hydrogen-bond acceptors (Lipinski definition) is 26. The van der Waals surface area contributed by atoms with Crippen LogP contribution in [0.4, 0.5) is 0 Å². The number of carbonyl (C=O) groups excluding carboxylic acids is 13. The minimum atomic E-state index is -0.964. The molecule has 8 aliphatic carbocycles. The van der Waals surface area contributed by atoms with Gasteiger partial charge in [0.2, 0.25) is 11.8 Å². The first kappa shape index (κ1) is 110. The summed E-state index contributed by atoms with van der Waals surface area (Å²) in [6.07, 6.45) is 11.4. The van der Waals surface area contributed by atoms with Gasteiger partial charge in [-0.15, -0.1) is 0 Å². The van der Waals surface area contributed by atoms with E-state index < -0.39 is 45.5 Å². The second-order valence-electron chi connectivity index (χ2n) is 43.6. The number of hydrogen-bond donors (Lipinski definition) is 0. The van der Waals surface area contributed by atoms with E-state index >= 15 is 0 Å². The summed E-state index contributed by atoms with van der Waals surface area (Å²) in [5, 5.41) is 33.5. The molecule has 16 rings (SSSR count). The summed E-state index contributed by atoms with van der Waals surface area (Å²) < 4.78 is 43.8. The minimum absolute atomic E-state index is 0.0393. The average Bonchev–Trinajstić information content (AvgIpc) is 1.58. The van der Waals surface area contributed by atoms with Gasteiger partial charge in [-0.2, -0.15) is 21.0 Å². The van der Waals surface area contributed by atoms with Crippen molar-refractivity contribution in [3.05, 3.63) is 0 Å². The summed E-state index contributed by atoms with van der Waals surface area (Å²) in [4.78, 5) is 145. The number of amides is 2. The highest BCUT2D eigenvalue weighted by molar-refractivity contribution is 6.04. The van der Waals surface area contributed by atoms with Crippen LogP contribution in [0.15, 0.2) is 0 Å². The molecule has 0 N–H and O–H groups in total. The zero-order chi connectivity index (χ0) is 97.4. The molecule has 16 aliphatic rings. The Morgan fingerprint density at radius 3 is 1.13 bits per heavy atom. The fourth-order valence-corrected chi connectivity index (χ4v) is 21.0. The molecule has 0 radical (unpaired) electrons. The molecule has 8 saturated heterocycles. The SMILES string of the molecule is CC(C)(C)C(C)(C)C.CC1C(=O)N(C)C(=O)C1C.CC1C(=O)OC(=O)C1C.CC1C(C)C2CC1C1C(=O)OC(=O)C21.CC1C(C)C2CC1C1COC(=O)C21.CC1C2CC(C1C)C1(CC(=O)OC1=O)C2.CC1C2CC(C1C)C1(COC(=O)C1)C2.CC1OC(C)(C)OC1C.CCC(C)(C#N)C#N.CCC(C)(C#N)C(=O)OC.CCC(C)(C)C#N.CCC1(C)CC(=O)OC1=O. The van der Waals surface area contributed by atoms with E-state index in [0.29, 0.717) is 115 Å². The van der Waals surface area contributed by atoms with Gasteiger partial charge in [0, 0.05) is 30.2 Å².